The molecule has 0 saturated heterocycles. The van der Waals surface area contributed by atoms with Crippen LogP contribution in [0.5, 0.6) is 0 Å². The quantitative estimate of drug-likeness (QED) is 0.738. The molecule has 0 aliphatic rings. The Labute approximate surface area is 138 Å². The topological polar surface area (TPSA) is 101 Å². The fraction of sp³-hybridized carbons (Fsp3) is 0.125. The minimum Gasteiger partial charge on any atom is -0.439 e. The smallest absolute Gasteiger partial charge is 0.241 e. The largest absolute Gasteiger partial charge is 0.439 e. The number of amides is 1. The minimum absolute atomic E-state index is 0.0511. The Morgan fingerprint density at radius 2 is 1.83 bits per heavy atom. The zero-order valence-electron chi connectivity index (χ0n) is 12.8. The van der Waals surface area contributed by atoms with Crippen molar-refractivity contribution in [2.75, 3.05) is 5.32 Å². The average molecular weight is 345 g/mol. The van der Waals surface area contributed by atoms with Crippen LogP contribution in [-0.2, 0) is 21.4 Å². The van der Waals surface area contributed by atoms with Gasteiger partial charge in [0.1, 0.15) is 5.52 Å². The lowest BCUT2D eigenvalue weighted by Gasteiger charge is -2.06. The molecular weight excluding hydrogens is 330 g/mol. The summed E-state index contributed by atoms with van der Waals surface area (Å²) in [7, 11) is -3.70. The van der Waals surface area contributed by atoms with E-state index in [1.54, 1.807) is 12.1 Å². The highest BCUT2D eigenvalue weighted by atomic mass is 32.2. The van der Waals surface area contributed by atoms with Gasteiger partial charge in [0.25, 0.3) is 0 Å². The number of sulfonamides is 1. The van der Waals surface area contributed by atoms with Crippen LogP contribution in [0.25, 0.3) is 11.1 Å². The molecule has 2 N–H and O–H groups in total. The van der Waals surface area contributed by atoms with Gasteiger partial charge in [-0.2, -0.15) is 0 Å². The van der Waals surface area contributed by atoms with Gasteiger partial charge in [0.05, 0.1) is 11.4 Å². The Hall–Kier alpha value is -2.71. The molecule has 0 aliphatic heterocycles. The van der Waals surface area contributed by atoms with Gasteiger partial charge >= 0.3 is 0 Å². The van der Waals surface area contributed by atoms with Crippen LogP contribution in [0, 0.1) is 0 Å². The molecule has 24 heavy (non-hydrogen) atoms. The number of fused-ring (bicyclic) bond motifs is 1. The Morgan fingerprint density at radius 3 is 2.50 bits per heavy atom. The lowest BCUT2D eigenvalue weighted by molar-refractivity contribution is -0.114. The molecule has 8 heteroatoms. The molecule has 0 saturated carbocycles. The van der Waals surface area contributed by atoms with E-state index in [4.69, 9.17) is 4.42 Å². The van der Waals surface area contributed by atoms with Gasteiger partial charge in [-0.15, -0.1) is 0 Å². The van der Waals surface area contributed by atoms with Crippen molar-refractivity contribution in [2.45, 2.75) is 18.4 Å². The molecule has 0 atom stereocenters. The standard InChI is InChI=1S/C16H15N3O4S/c1-11(20)18-12-6-8-13(9-7-12)24(21,22)17-10-16-19-14-4-2-3-5-15(14)23-16/h2-9,17H,10H2,1H3,(H,18,20). The average Bonchev–Trinajstić information content (AvgIpc) is 2.96. The number of aromatic nitrogens is 1. The predicted octanol–water partition coefficient (Wildman–Crippen LogP) is 2.26. The molecule has 0 radical (unpaired) electrons. The van der Waals surface area contributed by atoms with E-state index in [1.807, 2.05) is 12.1 Å². The number of carbonyl (C=O) groups excluding carboxylic acids is 1. The highest BCUT2D eigenvalue weighted by Gasteiger charge is 2.15. The third-order valence-corrected chi connectivity index (χ3v) is 4.65. The van der Waals surface area contributed by atoms with Gasteiger partial charge < -0.3 is 9.73 Å². The summed E-state index contributed by atoms with van der Waals surface area (Å²) in [6.07, 6.45) is 0. The van der Waals surface area contributed by atoms with Crippen molar-refractivity contribution in [1.29, 1.82) is 0 Å². The molecule has 3 rings (SSSR count). The fourth-order valence-corrected chi connectivity index (χ4v) is 3.13. The summed E-state index contributed by atoms with van der Waals surface area (Å²) >= 11 is 0. The molecule has 0 fully saturated rings. The highest BCUT2D eigenvalue weighted by Crippen LogP contribution is 2.17. The molecule has 1 heterocycles. The van der Waals surface area contributed by atoms with Gasteiger partial charge in [0, 0.05) is 12.6 Å². The molecule has 7 nitrogen and oxygen atoms in total. The van der Waals surface area contributed by atoms with Crippen LogP contribution in [0.1, 0.15) is 12.8 Å². The zero-order chi connectivity index (χ0) is 17.2. The van der Waals surface area contributed by atoms with E-state index in [0.29, 0.717) is 16.8 Å². The number of nitrogens with one attached hydrogen (secondary N) is 2. The van der Waals surface area contributed by atoms with Gasteiger partial charge in [0.15, 0.2) is 5.58 Å². The van der Waals surface area contributed by atoms with Crippen molar-refractivity contribution < 1.29 is 17.6 Å². The van der Waals surface area contributed by atoms with Gasteiger partial charge in [-0.05, 0) is 36.4 Å². The van der Waals surface area contributed by atoms with Gasteiger partial charge in [-0.1, -0.05) is 12.1 Å². The number of oxazole rings is 1. The molecule has 0 bridgehead atoms. The van der Waals surface area contributed by atoms with Crippen LogP contribution < -0.4 is 10.0 Å². The first-order chi connectivity index (χ1) is 11.4. The van der Waals surface area contributed by atoms with Crippen molar-refractivity contribution in [2.24, 2.45) is 0 Å². The van der Waals surface area contributed by atoms with Crippen molar-refractivity contribution in [3.8, 4) is 0 Å². The maximum atomic E-state index is 12.3. The van der Waals surface area contributed by atoms with Crippen LogP contribution in [0.2, 0.25) is 0 Å². The van der Waals surface area contributed by atoms with Gasteiger partial charge in [-0.25, -0.2) is 18.1 Å². The summed E-state index contributed by atoms with van der Waals surface area (Å²) in [6.45, 7) is 1.33. The van der Waals surface area contributed by atoms with Crippen molar-refractivity contribution in [1.82, 2.24) is 9.71 Å². The van der Waals surface area contributed by atoms with Crippen molar-refractivity contribution in [3.05, 3.63) is 54.4 Å². The number of carbonyl (C=O) groups is 1. The van der Waals surface area contributed by atoms with E-state index in [1.165, 1.54) is 31.2 Å². The highest BCUT2D eigenvalue weighted by molar-refractivity contribution is 7.89. The number of hydrogen-bond acceptors (Lipinski definition) is 5. The van der Waals surface area contributed by atoms with E-state index in [0.717, 1.165) is 0 Å². The molecule has 1 amide bonds. The Kier molecular flexibility index (Phi) is 4.32. The van der Waals surface area contributed by atoms with Gasteiger partial charge in [-0.3, -0.25) is 4.79 Å². The third-order valence-electron chi connectivity index (χ3n) is 3.24. The summed E-state index contributed by atoms with van der Waals surface area (Å²) < 4.78 is 32.5. The second-order valence-corrected chi connectivity index (χ2v) is 6.87. The minimum atomic E-state index is -3.70. The summed E-state index contributed by atoms with van der Waals surface area (Å²) in [5, 5.41) is 2.58. The summed E-state index contributed by atoms with van der Waals surface area (Å²) in [5.41, 5.74) is 1.80. The summed E-state index contributed by atoms with van der Waals surface area (Å²) in [6, 6.07) is 13.1. The lowest BCUT2D eigenvalue weighted by atomic mass is 10.3. The van der Waals surface area contributed by atoms with Crippen LogP contribution in [0.3, 0.4) is 0 Å². The number of hydrogen-bond donors (Lipinski definition) is 2. The molecule has 124 valence electrons. The number of benzene rings is 2. The molecule has 0 aliphatic carbocycles. The normalized spacial score (nSPS) is 11.5. The number of anilines is 1. The van der Waals surface area contributed by atoms with Crippen LogP contribution in [0.4, 0.5) is 5.69 Å². The van der Waals surface area contributed by atoms with Crippen molar-refractivity contribution >= 4 is 32.7 Å². The predicted molar refractivity (Wildman–Crippen MR) is 88.8 cm³/mol. The molecule has 2 aromatic carbocycles. The van der Waals surface area contributed by atoms with E-state index >= 15 is 0 Å². The first-order valence-corrected chi connectivity index (χ1v) is 8.64. The Bertz CT molecular complexity index is 945. The van der Waals surface area contributed by atoms with E-state index in [2.05, 4.69) is 15.0 Å². The second kappa shape index (κ2) is 6.42. The Balaban J connectivity index is 1.72. The first kappa shape index (κ1) is 16.2. The molecule has 0 spiro atoms. The maximum absolute atomic E-state index is 12.3. The van der Waals surface area contributed by atoms with Crippen molar-refractivity contribution in [3.63, 3.8) is 0 Å². The second-order valence-electron chi connectivity index (χ2n) is 5.11. The number of nitrogens with zero attached hydrogens (tertiary/aromatic N) is 1. The SMILES string of the molecule is CC(=O)Nc1ccc(S(=O)(=O)NCc2nc3ccccc3o2)cc1. The molecule has 1 aromatic heterocycles. The summed E-state index contributed by atoms with van der Waals surface area (Å²) in [5.74, 6) is 0.0642. The van der Waals surface area contributed by atoms with E-state index in [9.17, 15) is 13.2 Å². The molecular formula is C16H15N3O4S. The van der Waals surface area contributed by atoms with Crippen LogP contribution in [-0.4, -0.2) is 19.3 Å². The first-order valence-electron chi connectivity index (χ1n) is 7.16. The lowest BCUT2D eigenvalue weighted by Crippen LogP contribution is -2.23. The van der Waals surface area contributed by atoms with Gasteiger partial charge in [0.2, 0.25) is 21.8 Å². The van der Waals surface area contributed by atoms with E-state index < -0.39 is 10.0 Å². The zero-order valence-corrected chi connectivity index (χ0v) is 13.6. The van der Waals surface area contributed by atoms with Crippen LogP contribution >= 0.6 is 0 Å². The summed E-state index contributed by atoms with van der Waals surface area (Å²) in [4.78, 5) is 15.3. The van der Waals surface area contributed by atoms with E-state index in [-0.39, 0.29) is 23.2 Å². The van der Waals surface area contributed by atoms with Crippen LogP contribution in [0.15, 0.2) is 57.8 Å². The number of rotatable bonds is 5. The molecule has 0 unspecified atom stereocenters. The number of para-hydroxylation sites is 2. The fourth-order valence-electron chi connectivity index (χ4n) is 2.16. The maximum Gasteiger partial charge on any atom is 0.241 e. The molecule has 3 aromatic rings. The monoisotopic (exact) mass is 345 g/mol. The third kappa shape index (κ3) is 3.61. The Morgan fingerprint density at radius 1 is 1.12 bits per heavy atom.